The molecular weight excluding hydrogens is 346 g/mol. The van der Waals surface area contributed by atoms with Crippen LogP contribution in [0.3, 0.4) is 0 Å². The number of nitrogens with zero attached hydrogens (tertiary/aromatic N) is 1. The van der Waals surface area contributed by atoms with E-state index in [4.69, 9.17) is 0 Å². The zero-order valence-corrected chi connectivity index (χ0v) is 15.5. The highest BCUT2D eigenvalue weighted by Crippen LogP contribution is 2.40. The third-order valence-corrected chi connectivity index (χ3v) is 5.65. The third-order valence-electron chi connectivity index (χ3n) is 3.87. The van der Waals surface area contributed by atoms with Crippen molar-refractivity contribution in [1.82, 2.24) is 10.6 Å². The van der Waals surface area contributed by atoms with Crippen LogP contribution in [-0.2, 0) is 0 Å². The Morgan fingerprint density at radius 3 is 2.62 bits per heavy atom. The molecule has 0 bridgehead atoms. The fourth-order valence-electron chi connectivity index (χ4n) is 2.17. The summed E-state index contributed by atoms with van der Waals surface area (Å²) in [7, 11) is 1.83. The number of thioether (sulfide) groups is 1. The Hall–Kier alpha value is -0.680. The smallest absolute Gasteiger partial charge is 0.191 e. The Balaban J connectivity index is 1.83. The number of benzene rings is 1. The van der Waals surface area contributed by atoms with Crippen LogP contribution in [-0.4, -0.2) is 36.6 Å². The van der Waals surface area contributed by atoms with Crippen molar-refractivity contribution in [2.45, 2.75) is 37.0 Å². The van der Waals surface area contributed by atoms with Gasteiger partial charge < -0.3 is 10.6 Å². The largest absolute Gasteiger partial charge is 0.355 e. The van der Waals surface area contributed by atoms with E-state index in [2.05, 4.69) is 75.9 Å². The standard InChI is InChI=1S/C16H24BrN3S/c1-16(2,21-4)10-19-15(18-3)20-14-9-13(14)11-5-7-12(17)8-6-11/h5-8,13-14H,9-10H2,1-4H3,(H2,18,19,20). The van der Waals surface area contributed by atoms with Gasteiger partial charge in [0, 0.05) is 34.8 Å². The predicted molar refractivity (Wildman–Crippen MR) is 97.4 cm³/mol. The molecule has 2 atom stereocenters. The minimum Gasteiger partial charge on any atom is -0.355 e. The van der Waals surface area contributed by atoms with Gasteiger partial charge in [-0.1, -0.05) is 28.1 Å². The molecule has 0 spiro atoms. The molecule has 0 amide bonds. The Kier molecular flexibility index (Phi) is 5.60. The first kappa shape index (κ1) is 16.7. The summed E-state index contributed by atoms with van der Waals surface area (Å²) < 4.78 is 1.35. The van der Waals surface area contributed by atoms with Gasteiger partial charge in [-0.15, -0.1) is 0 Å². The fraction of sp³-hybridized carbons (Fsp3) is 0.562. The summed E-state index contributed by atoms with van der Waals surface area (Å²) in [5, 5.41) is 6.94. The van der Waals surface area contributed by atoms with Crippen LogP contribution in [0.4, 0.5) is 0 Å². The highest BCUT2D eigenvalue weighted by molar-refractivity contribution is 9.10. The summed E-state index contributed by atoms with van der Waals surface area (Å²) in [6, 6.07) is 9.11. The van der Waals surface area contributed by atoms with Crippen LogP contribution in [0.5, 0.6) is 0 Å². The van der Waals surface area contributed by atoms with Gasteiger partial charge in [0.1, 0.15) is 0 Å². The van der Waals surface area contributed by atoms with Gasteiger partial charge in [-0.05, 0) is 44.2 Å². The number of rotatable bonds is 5. The highest BCUT2D eigenvalue weighted by atomic mass is 79.9. The van der Waals surface area contributed by atoms with Crippen molar-refractivity contribution in [1.29, 1.82) is 0 Å². The zero-order valence-electron chi connectivity index (χ0n) is 13.1. The molecule has 0 heterocycles. The molecule has 0 radical (unpaired) electrons. The normalized spacial score (nSPS) is 22.0. The van der Waals surface area contributed by atoms with Crippen LogP contribution in [0.25, 0.3) is 0 Å². The van der Waals surface area contributed by atoms with Gasteiger partial charge in [-0.3, -0.25) is 4.99 Å². The van der Waals surface area contributed by atoms with Gasteiger partial charge in [0.2, 0.25) is 0 Å². The first-order chi connectivity index (χ1) is 9.95. The molecule has 0 aromatic heterocycles. The molecule has 0 aliphatic heterocycles. The molecule has 1 saturated carbocycles. The molecule has 1 fully saturated rings. The minimum absolute atomic E-state index is 0.215. The summed E-state index contributed by atoms with van der Waals surface area (Å²) in [6.45, 7) is 5.38. The van der Waals surface area contributed by atoms with Gasteiger partial charge in [0.25, 0.3) is 0 Å². The summed E-state index contributed by atoms with van der Waals surface area (Å²) in [5.74, 6) is 1.51. The molecule has 1 aromatic carbocycles. The van der Waals surface area contributed by atoms with Crippen molar-refractivity contribution in [2.24, 2.45) is 4.99 Å². The van der Waals surface area contributed by atoms with E-state index in [-0.39, 0.29) is 4.75 Å². The quantitative estimate of drug-likeness (QED) is 0.614. The molecular formula is C16H24BrN3S. The first-order valence-electron chi connectivity index (χ1n) is 7.23. The predicted octanol–water partition coefficient (Wildman–Crippen LogP) is 3.61. The summed E-state index contributed by atoms with van der Waals surface area (Å²) in [6.07, 6.45) is 3.32. The van der Waals surface area contributed by atoms with E-state index < -0.39 is 0 Å². The number of aliphatic imine (C=N–C) groups is 1. The lowest BCUT2D eigenvalue weighted by Gasteiger charge is -2.23. The first-order valence-corrected chi connectivity index (χ1v) is 9.25. The average Bonchev–Trinajstić information content (AvgIpc) is 3.23. The number of hydrogen-bond acceptors (Lipinski definition) is 2. The van der Waals surface area contributed by atoms with E-state index in [1.165, 1.54) is 12.0 Å². The van der Waals surface area contributed by atoms with Gasteiger partial charge in [0.15, 0.2) is 5.96 Å². The molecule has 0 saturated heterocycles. The van der Waals surface area contributed by atoms with Gasteiger partial charge >= 0.3 is 0 Å². The SMILES string of the molecule is CN=C(NCC(C)(C)SC)NC1CC1c1ccc(Br)cc1. The lowest BCUT2D eigenvalue weighted by Crippen LogP contribution is -2.44. The highest BCUT2D eigenvalue weighted by Gasteiger charge is 2.39. The van der Waals surface area contributed by atoms with Crippen molar-refractivity contribution >= 4 is 33.7 Å². The van der Waals surface area contributed by atoms with Gasteiger partial charge in [-0.2, -0.15) is 11.8 Å². The van der Waals surface area contributed by atoms with E-state index >= 15 is 0 Å². The summed E-state index contributed by atoms with van der Waals surface area (Å²) in [5.41, 5.74) is 1.40. The molecule has 1 aliphatic carbocycles. The van der Waals surface area contributed by atoms with Crippen LogP contribution in [0.15, 0.2) is 33.7 Å². The monoisotopic (exact) mass is 369 g/mol. The molecule has 116 valence electrons. The van der Waals surface area contributed by atoms with Gasteiger partial charge in [0.05, 0.1) is 0 Å². The molecule has 2 N–H and O–H groups in total. The number of guanidine groups is 1. The fourth-order valence-corrected chi connectivity index (χ4v) is 2.65. The molecule has 21 heavy (non-hydrogen) atoms. The van der Waals surface area contributed by atoms with E-state index in [1.807, 2.05) is 18.8 Å². The topological polar surface area (TPSA) is 36.4 Å². The van der Waals surface area contributed by atoms with E-state index in [0.717, 1.165) is 17.0 Å². The third kappa shape index (κ3) is 4.92. The molecule has 1 aliphatic rings. The van der Waals surface area contributed by atoms with Crippen LogP contribution in [0, 0.1) is 0 Å². The van der Waals surface area contributed by atoms with Crippen LogP contribution < -0.4 is 10.6 Å². The zero-order chi connectivity index (χ0) is 15.5. The van der Waals surface area contributed by atoms with Crippen molar-refractivity contribution in [2.75, 3.05) is 19.8 Å². The molecule has 3 nitrogen and oxygen atoms in total. The van der Waals surface area contributed by atoms with Crippen LogP contribution in [0.2, 0.25) is 0 Å². The second kappa shape index (κ2) is 7.05. The lowest BCUT2D eigenvalue weighted by molar-refractivity contribution is 0.662. The van der Waals surface area contributed by atoms with E-state index in [1.54, 1.807) is 0 Å². The lowest BCUT2D eigenvalue weighted by atomic mass is 10.1. The van der Waals surface area contributed by atoms with E-state index in [0.29, 0.717) is 12.0 Å². The summed E-state index contributed by atoms with van der Waals surface area (Å²) in [4.78, 5) is 4.33. The summed E-state index contributed by atoms with van der Waals surface area (Å²) >= 11 is 5.34. The molecule has 1 aromatic rings. The van der Waals surface area contributed by atoms with Crippen LogP contribution in [0.1, 0.15) is 31.7 Å². The second-order valence-electron chi connectivity index (χ2n) is 6.03. The maximum Gasteiger partial charge on any atom is 0.191 e. The molecule has 5 heteroatoms. The maximum atomic E-state index is 4.33. The van der Waals surface area contributed by atoms with Crippen molar-refractivity contribution in [3.8, 4) is 0 Å². The molecule has 2 rings (SSSR count). The number of hydrogen-bond donors (Lipinski definition) is 2. The average molecular weight is 370 g/mol. The molecule has 2 unspecified atom stereocenters. The van der Waals surface area contributed by atoms with Crippen molar-refractivity contribution in [3.05, 3.63) is 34.3 Å². The Morgan fingerprint density at radius 2 is 2.05 bits per heavy atom. The van der Waals surface area contributed by atoms with Gasteiger partial charge in [-0.25, -0.2) is 0 Å². The number of nitrogens with one attached hydrogen (secondary N) is 2. The van der Waals surface area contributed by atoms with Crippen molar-refractivity contribution < 1.29 is 0 Å². The maximum absolute atomic E-state index is 4.33. The Labute approximate surface area is 140 Å². The second-order valence-corrected chi connectivity index (χ2v) is 8.46. The van der Waals surface area contributed by atoms with E-state index in [9.17, 15) is 0 Å². The Bertz CT molecular complexity index is 499. The van der Waals surface area contributed by atoms with Crippen molar-refractivity contribution in [3.63, 3.8) is 0 Å². The van der Waals surface area contributed by atoms with Crippen LogP contribution >= 0.6 is 27.7 Å². The number of halogens is 1. The minimum atomic E-state index is 0.215. The Morgan fingerprint density at radius 1 is 1.38 bits per heavy atom.